The summed E-state index contributed by atoms with van der Waals surface area (Å²) in [5.41, 5.74) is 0. The van der Waals surface area contributed by atoms with E-state index < -0.39 is 10.0 Å². The van der Waals surface area contributed by atoms with E-state index in [1.807, 2.05) is 33.8 Å². The van der Waals surface area contributed by atoms with Gasteiger partial charge in [0.05, 0.1) is 0 Å². The first kappa shape index (κ1) is 28.6. The summed E-state index contributed by atoms with van der Waals surface area (Å²) in [7, 11) is -3.37. The number of unbranched alkanes of at least 4 members (excludes halogenated alkanes) is 1. The summed E-state index contributed by atoms with van der Waals surface area (Å²) in [6.45, 7) is 12.5. The van der Waals surface area contributed by atoms with Crippen molar-refractivity contribution < 1.29 is 13.2 Å². The highest BCUT2D eigenvalue weighted by Crippen LogP contribution is 2.25. The molecule has 29 heavy (non-hydrogen) atoms. The van der Waals surface area contributed by atoms with Crippen molar-refractivity contribution in [3.63, 3.8) is 0 Å². The third-order valence-electron chi connectivity index (χ3n) is 4.12. The molecule has 0 radical (unpaired) electrons. The molecule has 0 saturated heterocycles. The second kappa shape index (κ2) is 16.3. The zero-order chi connectivity index (χ0) is 20.8. The fourth-order valence-corrected chi connectivity index (χ4v) is 5.59. The third kappa shape index (κ3) is 10.4. The van der Waals surface area contributed by atoms with Gasteiger partial charge in [0.1, 0.15) is 4.21 Å². The molecule has 0 amide bonds. The van der Waals surface area contributed by atoms with Crippen LogP contribution in [0.3, 0.4) is 0 Å². The molecule has 0 unspecified atom stereocenters. The summed E-state index contributed by atoms with van der Waals surface area (Å²) in [5.74, 6) is 0.798. The Balaban J connectivity index is 0.00000784. The smallest absolute Gasteiger partial charge is 0.252 e. The van der Waals surface area contributed by atoms with Gasteiger partial charge in [-0.05, 0) is 45.2 Å². The Kier molecular flexibility index (Phi) is 16.0. The average Bonchev–Trinajstić information content (AvgIpc) is 3.15. The summed E-state index contributed by atoms with van der Waals surface area (Å²) in [6.07, 6.45) is 2.76. The topological polar surface area (TPSA) is 83.0 Å². The molecule has 0 aliphatic heterocycles. The predicted molar refractivity (Wildman–Crippen MR) is 133 cm³/mol. The van der Waals surface area contributed by atoms with Crippen LogP contribution in [0.25, 0.3) is 0 Å². The van der Waals surface area contributed by atoms with Gasteiger partial charge in [-0.1, -0.05) is 13.8 Å². The molecule has 0 aliphatic rings. The van der Waals surface area contributed by atoms with Crippen molar-refractivity contribution in [3.05, 3.63) is 17.0 Å². The minimum absolute atomic E-state index is 0. The van der Waals surface area contributed by atoms with Gasteiger partial charge < -0.3 is 15.4 Å². The minimum Gasteiger partial charge on any atom is -0.382 e. The minimum atomic E-state index is -3.37. The van der Waals surface area contributed by atoms with Crippen molar-refractivity contribution in [3.8, 4) is 0 Å². The van der Waals surface area contributed by atoms with Gasteiger partial charge >= 0.3 is 0 Å². The van der Waals surface area contributed by atoms with E-state index in [0.29, 0.717) is 23.8 Å². The molecule has 10 heteroatoms. The molecular weight excluding hydrogens is 523 g/mol. The van der Waals surface area contributed by atoms with Crippen LogP contribution in [-0.4, -0.2) is 64.6 Å². The highest BCUT2D eigenvalue weighted by Gasteiger charge is 2.23. The van der Waals surface area contributed by atoms with Crippen LogP contribution in [0.5, 0.6) is 0 Å². The largest absolute Gasteiger partial charge is 0.382 e. The van der Waals surface area contributed by atoms with Gasteiger partial charge in [0, 0.05) is 50.8 Å². The first-order valence-corrected chi connectivity index (χ1v) is 12.4. The quantitative estimate of drug-likeness (QED) is 0.158. The number of aliphatic imine (C=N–C) groups is 1. The molecule has 0 bridgehead atoms. The number of hydrogen-bond acceptors (Lipinski definition) is 5. The van der Waals surface area contributed by atoms with Crippen LogP contribution in [0.4, 0.5) is 0 Å². The molecule has 7 nitrogen and oxygen atoms in total. The first-order chi connectivity index (χ1) is 13.5. The van der Waals surface area contributed by atoms with E-state index in [9.17, 15) is 8.42 Å². The number of nitrogens with zero attached hydrogens (tertiary/aromatic N) is 2. The molecule has 170 valence electrons. The maximum Gasteiger partial charge on any atom is 0.252 e. The van der Waals surface area contributed by atoms with Crippen molar-refractivity contribution in [2.45, 2.75) is 51.2 Å². The number of sulfonamides is 1. The van der Waals surface area contributed by atoms with Crippen LogP contribution in [-0.2, 0) is 21.2 Å². The monoisotopic (exact) mass is 560 g/mol. The molecule has 1 aromatic heterocycles. The molecule has 1 rings (SSSR count). The fourth-order valence-electron chi connectivity index (χ4n) is 2.62. The molecule has 1 heterocycles. The predicted octanol–water partition coefficient (Wildman–Crippen LogP) is 3.31. The lowest BCUT2D eigenvalue weighted by Crippen LogP contribution is -2.38. The van der Waals surface area contributed by atoms with Crippen molar-refractivity contribution in [1.82, 2.24) is 14.9 Å². The average molecular weight is 561 g/mol. The molecule has 0 atom stereocenters. The van der Waals surface area contributed by atoms with Gasteiger partial charge in [0.2, 0.25) is 0 Å². The van der Waals surface area contributed by atoms with E-state index in [-0.39, 0.29) is 24.0 Å². The van der Waals surface area contributed by atoms with E-state index in [2.05, 4.69) is 15.6 Å². The molecule has 0 fully saturated rings. The van der Waals surface area contributed by atoms with Crippen LogP contribution >= 0.6 is 35.3 Å². The zero-order valence-corrected chi connectivity index (χ0v) is 22.0. The maximum atomic E-state index is 12.6. The van der Waals surface area contributed by atoms with E-state index in [1.165, 1.54) is 15.6 Å². The Labute approximate surface area is 197 Å². The lowest BCUT2D eigenvalue weighted by molar-refractivity contribution is 0.144. The number of thiophene rings is 1. The second-order valence-electron chi connectivity index (χ2n) is 6.15. The molecule has 1 aromatic rings. The van der Waals surface area contributed by atoms with Crippen LogP contribution in [0.1, 0.15) is 45.4 Å². The standard InChI is InChI=1S/C19H36N4O3S2.HI/c1-5-20-19(21-14-9-10-16-26-8-4)22-15-13-17-11-12-18(27-17)28(24,25)23(6-2)7-3;/h11-12H,5-10,13-16H2,1-4H3,(H2,20,21,22);1H. The summed E-state index contributed by atoms with van der Waals surface area (Å²) in [6, 6.07) is 3.62. The van der Waals surface area contributed by atoms with Gasteiger partial charge in [0.25, 0.3) is 10.0 Å². The molecule has 0 saturated carbocycles. The van der Waals surface area contributed by atoms with Gasteiger partial charge in [-0.3, -0.25) is 4.99 Å². The van der Waals surface area contributed by atoms with Crippen molar-refractivity contribution in [2.75, 3.05) is 45.9 Å². The van der Waals surface area contributed by atoms with E-state index in [4.69, 9.17) is 4.74 Å². The lowest BCUT2D eigenvalue weighted by atomic mass is 10.3. The normalized spacial score (nSPS) is 12.1. The van der Waals surface area contributed by atoms with E-state index in [1.54, 1.807) is 6.07 Å². The number of guanidine groups is 1. The van der Waals surface area contributed by atoms with Crippen molar-refractivity contribution >= 4 is 51.3 Å². The molecule has 0 spiro atoms. The fraction of sp³-hybridized carbons (Fsp3) is 0.737. The van der Waals surface area contributed by atoms with Crippen LogP contribution in [0, 0.1) is 0 Å². The second-order valence-corrected chi connectivity index (χ2v) is 9.48. The van der Waals surface area contributed by atoms with Crippen molar-refractivity contribution in [1.29, 1.82) is 0 Å². The first-order valence-electron chi connectivity index (χ1n) is 10.2. The van der Waals surface area contributed by atoms with Gasteiger partial charge in [0.15, 0.2) is 5.96 Å². The molecular formula is C19H37IN4O3S2. The number of nitrogens with one attached hydrogen (secondary N) is 2. The molecule has 0 aliphatic carbocycles. The van der Waals surface area contributed by atoms with Gasteiger partial charge in [-0.25, -0.2) is 8.42 Å². The Bertz CT molecular complexity index is 677. The Hall–Kier alpha value is -0.430. The highest BCUT2D eigenvalue weighted by molar-refractivity contribution is 14.0. The number of rotatable bonds is 14. The number of halogens is 1. The van der Waals surface area contributed by atoms with Crippen LogP contribution < -0.4 is 10.6 Å². The summed E-state index contributed by atoms with van der Waals surface area (Å²) >= 11 is 1.35. The Morgan fingerprint density at radius 3 is 2.48 bits per heavy atom. The van der Waals surface area contributed by atoms with E-state index >= 15 is 0 Å². The van der Waals surface area contributed by atoms with Gasteiger partial charge in [-0.15, -0.1) is 35.3 Å². The Morgan fingerprint density at radius 2 is 1.86 bits per heavy atom. The summed E-state index contributed by atoms with van der Waals surface area (Å²) in [5, 5.41) is 6.56. The van der Waals surface area contributed by atoms with Crippen LogP contribution in [0.2, 0.25) is 0 Å². The van der Waals surface area contributed by atoms with Crippen LogP contribution in [0.15, 0.2) is 21.3 Å². The maximum absolute atomic E-state index is 12.6. The molecule has 0 aromatic carbocycles. The van der Waals surface area contributed by atoms with Crippen molar-refractivity contribution in [2.24, 2.45) is 4.99 Å². The summed E-state index contributed by atoms with van der Waals surface area (Å²) in [4.78, 5) is 5.62. The number of hydrogen-bond donors (Lipinski definition) is 2. The third-order valence-corrected chi connectivity index (χ3v) is 7.78. The number of ether oxygens (including phenoxy) is 1. The van der Waals surface area contributed by atoms with E-state index in [0.717, 1.165) is 56.4 Å². The zero-order valence-electron chi connectivity index (χ0n) is 18.1. The highest BCUT2D eigenvalue weighted by atomic mass is 127. The Morgan fingerprint density at radius 1 is 1.14 bits per heavy atom. The van der Waals surface area contributed by atoms with Gasteiger partial charge in [-0.2, -0.15) is 4.31 Å². The SMILES string of the molecule is CCNC(=NCCCCOCC)NCCc1ccc(S(=O)(=O)N(CC)CC)s1.I. The lowest BCUT2D eigenvalue weighted by Gasteiger charge is -2.16. The molecule has 2 N–H and O–H groups in total. The summed E-state index contributed by atoms with van der Waals surface area (Å²) < 4.78 is 32.4.